The van der Waals surface area contributed by atoms with E-state index in [1.54, 1.807) is 19.5 Å². The second-order valence-electron chi connectivity index (χ2n) is 8.43. The van der Waals surface area contributed by atoms with Crippen LogP contribution in [0.4, 0.5) is 39.5 Å². The molecule has 0 saturated carbocycles. The van der Waals surface area contributed by atoms with E-state index in [0.717, 1.165) is 24.3 Å². The molecule has 2 aromatic rings. The number of pyridine rings is 1. The average molecular weight is 671 g/mol. The Kier molecular flexibility index (Phi) is 16.5. The van der Waals surface area contributed by atoms with Crippen LogP contribution in [0.5, 0.6) is 0 Å². The molecule has 254 valence electrons. The van der Waals surface area contributed by atoms with E-state index in [2.05, 4.69) is 26.4 Å². The lowest BCUT2D eigenvalue weighted by atomic mass is 10.1. The number of carbonyl (C=O) groups excluding carboxylic acids is 1. The average Bonchev–Trinajstić information content (AvgIpc) is 3.27. The first-order valence-corrected chi connectivity index (χ1v) is 11.9. The highest BCUT2D eigenvalue weighted by atomic mass is 19.4. The molecule has 0 aliphatic carbocycles. The maximum atomic E-state index is 12.5. The Balaban J connectivity index is 0.000000753. The number of carboxylic acids is 3. The summed E-state index contributed by atoms with van der Waals surface area (Å²) in [6.07, 6.45) is -9.81. The second-order valence-corrected chi connectivity index (χ2v) is 8.43. The summed E-state index contributed by atoms with van der Waals surface area (Å²) in [4.78, 5) is 45.6. The van der Waals surface area contributed by atoms with Gasteiger partial charge in [0.1, 0.15) is 0 Å². The third-order valence-corrected chi connectivity index (χ3v) is 4.89. The summed E-state index contributed by atoms with van der Waals surface area (Å²) in [7, 11) is 1.63. The molecule has 45 heavy (non-hydrogen) atoms. The van der Waals surface area contributed by atoms with Gasteiger partial charge >= 0.3 is 36.4 Å². The molecule has 1 aliphatic rings. The summed E-state index contributed by atoms with van der Waals surface area (Å²) in [5.74, 6) is -8.36. The summed E-state index contributed by atoms with van der Waals surface area (Å²) in [6.45, 7) is 3.88. The number of aromatic nitrogens is 3. The van der Waals surface area contributed by atoms with Crippen LogP contribution < -0.4 is 5.32 Å². The van der Waals surface area contributed by atoms with Gasteiger partial charge in [0, 0.05) is 51.9 Å². The number of alkyl halides is 9. The number of ether oxygens (including phenoxy) is 1. The van der Waals surface area contributed by atoms with Gasteiger partial charge in [-0.1, -0.05) is 6.07 Å². The lowest BCUT2D eigenvalue weighted by molar-refractivity contribution is -0.193. The van der Waals surface area contributed by atoms with Crippen LogP contribution in [0.3, 0.4) is 0 Å². The third kappa shape index (κ3) is 17.4. The summed E-state index contributed by atoms with van der Waals surface area (Å²) >= 11 is 0. The van der Waals surface area contributed by atoms with Gasteiger partial charge in [0.15, 0.2) is 0 Å². The van der Waals surface area contributed by atoms with Crippen molar-refractivity contribution in [2.24, 2.45) is 5.92 Å². The van der Waals surface area contributed by atoms with Crippen molar-refractivity contribution in [2.45, 2.75) is 38.2 Å². The number of methoxy groups -OCH3 is 1. The number of nitrogens with one attached hydrogen (secondary N) is 1. The minimum atomic E-state index is -5.08. The smallest absolute Gasteiger partial charge is 0.475 e. The van der Waals surface area contributed by atoms with Gasteiger partial charge in [-0.25, -0.2) is 14.4 Å². The van der Waals surface area contributed by atoms with Crippen LogP contribution in [0.2, 0.25) is 0 Å². The number of carbonyl (C=O) groups is 4. The van der Waals surface area contributed by atoms with Gasteiger partial charge in [0.05, 0.1) is 24.8 Å². The van der Waals surface area contributed by atoms with Gasteiger partial charge < -0.3 is 25.4 Å². The lowest BCUT2D eigenvalue weighted by Crippen LogP contribution is -2.40. The van der Waals surface area contributed by atoms with Crippen molar-refractivity contribution >= 4 is 23.8 Å². The van der Waals surface area contributed by atoms with Gasteiger partial charge in [-0.3, -0.25) is 19.4 Å². The third-order valence-electron chi connectivity index (χ3n) is 4.89. The summed E-state index contributed by atoms with van der Waals surface area (Å²) < 4.78 is 102. The molecule has 0 bridgehead atoms. The molecule has 0 saturated heterocycles. The number of fused-ring (bicyclic) bond motifs is 1. The molecule has 13 nitrogen and oxygen atoms in total. The molecule has 2 aromatic heterocycles. The van der Waals surface area contributed by atoms with Crippen LogP contribution in [0.25, 0.3) is 0 Å². The molecule has 1 unspecified atom stereocenters. The summed E-state index contributed by atoms with van der Waals surface area (Å²) in [6, 6.07) is 6.01. The topological polar surface area (TPSA) is 184 Å². The zero-order valence-corrected chi connectivity index (χ0v) is 22.9. The van der Waals surface area contributed by atoms with Gasteiger partial charge in [0.25, 0.3) is 0 Å². The molecule has 0 spiro atoms. The number of rotatable bonds is 6. The molecule has 3 heterocycles. The Morgan fingerprint density at radius 2 is 1.40 bits per heavy atom. The molecule has 3 rings (SSSR count). The van der Waals surface area contributed by atoms with E-state index in [0.29, 0.717) is 26.2 Å². The number of halogens is 9. The first-order chi connectivity index (χ1) is 20.6. The van der Waals surface area contributed by atoms with E-state index < -0.39 is 36.4 Å². The SMILES string of the molecule is COCCNC(=O)C1CN(Cc2cccnc2)Cc2ccnn2C1.O=C(O)C(F)(F)F.O=C(O)C(F)(F)F.O=C(O)C(F)(F)F. The molecule has 0 radical (unpaired) electrons. The molecule has 22 heteroatoms. The van der Waals surface area contributed by atoms with Crippen LogP contribution in [0.15, 0.2) is 36.8 Å². The molecular weight excluding hydrogens is 645 g/mol. The molecule has 1 aliphatic heterocycles. The molecule has 0 aromatic carbocycles. The number of aliphatic carboxylic acids is 3. The zero-order valence-electron chi connectivity index (χ0n) is 22.9. The Labute approximate surface area is 247 Å². The van der Waals surface area contributed by atoms with E-state index in [4.69, 9.17) is 34.4 Å². The molecule has 4 N–H and O–H groups in total. The lowest BCUT2D eigenvalue weighted by Gasteiger charge is -2.23. The van der Waals surface area contributed by atoms with Crippen molar-refractivity contribution in [3.63, 3.8) is 0 Å². The number of nitrogens with zero attached hydrogens (tertiary/aromatic N) is 4. The van der Waals surface area contributed by atoms with Crippen molar-refractivity contribution in [3.8, 4) is 0 Å². The summed E-state index contributed by atoms with van der Waals surface area (Å²) in [5, 5.41) is 28.7. The highest BCUT2D eigenvalue weighted by Gasteiger charge is 2.39. The van der Waals surface area contributed by atoms with Crippen molar-refractivity contribution in [1.82, 2.24) is 25.0 Å². The van der Waals surface area contributed by atoms with E-state index in [1.165, 1.54) is 0 Å². The van der Waals surface area contributed by atoms with Crippen LogP contribution >= 0.6 is 0 Å². The molecular formula is C23H26F9N5O8. The highest BCUT2D eigenvalue weighted by Crippen LogP contribution is 2.18. The van der Waals surface area contributed by atoms with Gasteiger partial charge in [-0.15, -0.1) is 0 Å². The monoisotopic (exact) mass is 671 g/mol. The molecule has 0 fully saturated rings. The van der Waals surface area contributed by atoms with E-state index in [9.17, 15) is 44.3 Å². The predicted octanol–water partition coefficient (Wildman–Crippen LogP) is 2.57. The van der Waals surface area contributed by atoms with Crippen molar-refractivity contribution in [2.75, 3.05) is 26.8 Å². The zero-order chi connectivity index (χ0) is 35.0. The Hall–Kier alpha value is -4.47. The fourth-order valence-electron chi connectivity index (χ4n) is 2.99. The van der Waals surface area contributed by atoms with Crippen LogP contribution in [0.1, 0.15) is 11.3 Å². The molecule has 1 atom stereocenters. The number of amides is 1. The number of hydrogen-bond acceptors (Lipinski definition) is 8. The predicted molar refractivity (Wildman–Crippen MR) is 130 cm³/mol. The maximum absolute atomic E-state index is 12.5. The van der Waals surface area contributed by atoms with Crippen molar-refractivity contribution in [1.29, 1.82) is 0 Å². The van der Waals surface area contributed by atoms with Crippen LogP contribution in [-0.4, -0.2) is 104 Å². The van der Waals surface area contributed by atoms with Crippen LogP contribution in [0, 0.1) is 5.92 Å². The van der Waals surface area contributed by atoms with E-state index in [1.807, 2.05) is 23.0 Å². The number of hydrogen-bond donors (Lipinski definition) is 4. The first kappa shape index (κ1) is 40.5. The Morgan fingerprint density at radius 1 is 0.889 bits per heavy atom. The first-order valence-electron chi connectivity index (χ1n) is 11.9. The maximum Gasteiger partial charge on any atom is 0.490 e. The van der Waals surface area contributed by atoms with E-state index >= 15 is 0 Å². The molecule has 1 amide bonds. The van der Waals surface area contributed by atoms with Gasteiger partial charge in [-0.05, 0) is 17.7 Å². The standard InChI is InChI=1S/C17H23N5O2.3C2HF3O2/c1-24-8-7-19-17(23)15-11-21(10-14-3-2-5-18-9-14)13-16-4-6-20-22(16)12-15;3*3-2(4,5)1(6)7/h2-6,9,15H,7-8,10-13H2,1H3,(H,19,23);3*(H,6,7). The number of carboxylic acid groups (broad SMARTS) is 3. The summed E-state index contributed by atoms with van der Waals surface area (Å²) in [5.41, 5.74) is 2.27. The Bertz CT molecular complexity index is 1160. The normalized spacial score (nSPS) is 14.8. The fourth-order valence-corrected chi connectivity index (χ4v) is 2.99. The van der Waals surface area contributed by atoms with Gasteiger partial charge in [0.2, 0.25) is 5.91 Å². The van der Waals surface area contributed by atoms with Crippen molar-refractivity contribution < 1.29 is 78.7 Å². The van der Waals surface area contributed by atoms with E-state index in [-0.39, 0.29) is 11.8 Å². The largest absolute Gasteiger partial charge is 0.490 e. The fraction of sp³-hybridized carbons (Fsp3) is 0.478. The van der Waals surface area contributed by atoms with Crippen molar-refractivity contribution in [3.05, 3.63) is 48.0 Å². The Morgan fingerprint density at radius 3 is 1.82 bits per heavy atom. The minimum Gasteiger partial charge on any atom is -0.475 e. The second kappa shape index (κ2) is 18.4. The van der Waals surface area contributed by atoms with Crippen LogP contribution in [-0.2, 0) is 43.5 Å². The quantitative estimate of drug-likeness (QED) is 0.262. The van der Waals surface area contributed by atoms with Gasteiger partial charge in [-0.2, -0.15) is 44.6 Å². The minimum absolute atomic E-state index is 0.0478. The highest BCUT2D eigenvalue weighted by molar-refractivity contribution is 5.78.